The van der Waals surface area contributed by atoms with Crippen LogP contribution in [0.25, 0.3) is 0 Å². The van der Waals surface area contributed by atoms with Crippen LogP contribution >= 0.6 is 11.3 Å². The van der Waals surface area contributed by atoms with Gasteiger partial charge >= 0.3 is 0 Å². The molecule has 0 radical (unpaired) electrons. The molecule has 1 aromatic heterocycles. The minimum Gasteiger partial charge on any atom is -0.325 e. The van der Waals surface area contributed by atoms with Crippen LogP contribution in [0.1, 0.15) is 10.4 Å². The van der Waals surface area contributed by atoms with Crippen molar-refractivity contribution in [1.82, 2.24) is 4.90 Å². The van der Waals surface area contributed by atoms with E-state index >= 15 is 0 Å². The SMILES string of the molecule is O=C(CN1CCc2sccc2C1)Nc1ccc(F)cc1. The molecule has 3 rings (SSSR count). The first-order valence-corrected chi connectivity index (χ1v) is 7.42. The average molecular weight is 290 g/mol. The van der Waals surface area contributed by atoms with E-state index in [0.29, 0.717) is 12.2 Å². The molecular formula is C15H15FN2OS. The quantitative estimate of drug-likeness (QED) is 0.942. The van der Waals surface area contributed by atoms with Gasteiger partial charge < -0.3 is 5.32 Å². The van der Waals surface area contributed by atoms with Crippen LogP contribution in [0.2, 0.25) is 0 Å². The first-order chi connectivity index (χ1) is 9.70. The number of amides is 1. The number of nitrogens with one attached hydrogen (secondary N) is 1. The fourth-order valence-corrected chi connectivity index (χ4v) is 3.27. The van der Waals surface area contributed by atoms with Gasteiger partial charge in [-0.05, 0) is 47.7 Å². The zero-order chi connectivity index (χ0) is 13.9. The molecule has 0 unspecified atom stereocenters. The molecular weight excluding hydrogens is 275 g/mol. The number of benzene rings is 1. The third-order valence-electron chi connectivity index (χ3n) is 3.38. The second kappa shape index (κ2) is 5.73. The second-order valence-electron chi connectivity index (χ2n) is 4.88. The molecule has 0 fully saturated rings. The van der Waals surface area contributed by atoms with Crippen molar-refractivity contribution in [1.29, 1.82) is 0 Å². The Morgan fingerprint density at radius 2 is 2.10 bits per heavy atom. The van der Waals surface area contributed by atoms with Gasteiger partial charge in [-0.25, -0.2) is 4.39 Å². The monoisotopic (exact) mass is 290 g/mol. The van der Waals surface area contributed by atoms with E-state index in [0.717, 1.165) is 19.5 Å². The Morgan fingerprint density at radius 1 is 1.30 bits per heavy atom. The highest BCUT2D eigenvalue weighted by Crippen LogP contribution is 2.23. The number of anilines is 1. The van der Waals surface area contributed by atoms with Crippen molar-refractivity contribution in [2.75, 3.05) is 18.4 Å². The molecule has 0 atom stereocenters. The molecule has 0 saturated carbocycles. The molecule has 1 aromatic carbocycles. The van der Waals surface area contributed by atoms with Crippen LogP contribution in [-0.2, 0) is 17.8 Å². The van der Waals surface area contributed by atoms with E-state index in [1.807, 2.05) is 0 Å². The third kappa shape index (κ3) is 3.05. The number of halogens is 1. The van der Waals surface area contributed by atoms with E-state index in [2.05, 4.69) is 21.7 Å². The summed E-state index contributed by atoms with van der Waals surface area (Å²) in [6, 6.07) is 7.95. The molecule has 1 amide bonds. The number of nitrogens with zero attached hydrogens (tertiary/aromatic N) is 1. The van der Waals surface area contributed by atoms with Gasteiger partial charge in [0.25, 0.3) is 0 Å². The highest BCUT2D eigenvalue weighted by atomic mass is 32.1. The molecule has 2 aromatic rings. The van der Waals surface area contributed by atoms with Crippen molar-refractivity contribution >= 4 is 22.9 Å². The summed E-state index contributed by atoms with van der Waals surface area (Å²) in [6.07, 6.45) is 1.01. The number of rotatable bonds is 3. The molecule has 2 heterocycles. The van der Waals surface area contributed by atoms with Gasteiger partial charge in [-0.15, -0.1) is 11.3 Å². The molecule has 5 heteroatoms. The van der Waals surface area contributed by atoms with Gasteiger partial charge in [-0.2, -0.15) is 0 Å². The first kappa shape index (κ1) is 13.3. The summed E-state index contributed by atoms with van der Waals surface area (Å²) in [5, 5.41) is 4.89. The number of carbonyl (C=O) groups is 1. The lowest BCUT2D eigenvalue weighted by Gasteiger charge is -2.26. The molecule has 1 aliphatic heterocycles. The van der Waals surface area contributed by atoms with Crippen LogP contribution in [0.15, 0.2) is 35.7 Å². The van der Waals surface area contributed by atoms with Crippen LogP contribution in [0.5, 0.6) is 0 Å². The molecule has 0 bridgehead atoms. The number of hydrogen-bond donors (Lipinski definition) is 1. The molecule has 1 aliphatic rings. The van der Waals surface area contributed by atoms with E-state index in [9.17, 15) is 9.18 Å². The van der Waals surface area contributed by atoms with Crippen LogP contribution in [0, 0.1) is 5.82 Å². The van der Waals surface area contributed by atoms with Crippen LogP contribution < -0.4 is 5.32 Å². The van der Waals surface area contributed by atoms with Gasteiger partial charge in [0, 0.05) is 23.7 Å². The van der Waals surface area contributed by atoms with E-state index < -0.39 is 0 Å². The summed E-state index contributed by atoms with van der Waals surface area (Å²) < 4.78 is 12.8. The summed E-state index contributed by atoms with van der Waals surface area (Å²) >= 11 is 1.79. The van der Waals surface area contributed by atoms with E-state index in [1.165, 1.54) is 22.6 Å². The van der Waals surface area contributed by atoms with Gasteiger partial charge in [0.2, 0.25) is 5.91 Å². The summed E-state index contributed by atoms with van der Waals surface area (Å²) in [5.41, 5.74) is 1.96. The Kier molecular flexibility index (Phi) is 3.80. The second-order valence-corrected chi connectivity index (χ2v) is 5.89. The van der Waals surface area contributed by atoms with Gasteiger partial charge in [-0.1, -0.05) is 0 Å². The predicted molar refractivity (Wildman–Crippen MR) is 78.3 cm³/mol. The normalized spacial score (nSPS) is 14.8. The van der Waals surface area contributed by atoms with Crippen molar-refractivity contribution in [2.24, 2.45) is 0 Å². The highest BCUT2D eigenvalue weighted by molar-refractivity contribution is 7.10. The Hall–Kier alpha value is -1.72. The average Bonchev–Trinajstić information content (AvgIpc) is 2.89. The molecule has 0 aliphatic carbocycles. The highest BCUT2D eigenvalue weighted by Gasteiger charge is 2.19. The predicted octanol–water partition coefficient (Wildman–Crippen LogP) is 2.88. The summed E-state index contributed by atoms with van der Waals surface area (Å²) in [6.45, 7) is 2.10. The number of hydrogen-bond acceptors (Lipinski definition) is 3. The topological polar surface area (TPSA) is 32.3 Å². The zero-order valence-corrected chi connectivity index (χ0v) is 11.8. The summed E-state index contributed by atoms with van der Waals surface area (Å²) in [7, 11) is 0. The van der Waals surface area contributed by atoms with Crippen molar-refractivity contribution in [2.45, 2.75) is 13.0 Å². The van der Waals surface area contributed by atoms with Crippen LogP contribution in [0.4, 0.5) is 10.1 Å². The Bertz CT molecular complexity index is 609. The van der Waals surface area contributed by atoms with Gasteiger partial charge in [0.05, 0.1) is 6.54 Å². The first-order valence-electron chi connectivity index (χ1n) is 6.54. The molecule has 0 spiro atoms. The number of thiophene rings is 1. The van der Waals surface area contributed by atoms with Crippen molar-refractivity contribution in [3.63, 3.8) is 0 Å². The molecule has 20 heavy (non-hydrogen) atoms. The van der Waals surface area contributed by atoms with Crippen LogP contribution in [0.3, 0.4) is 0 Å². The lowest BCUT2D eigenvalue weighted by Crippen LogP contribution is -2.36. The van der Waals surface area contributed by atoms with Crippen LogP contribution in [-0.4, -0.2) is 23.9 Å². The largest absolute Gasteiger partial charge is 0.325 e. The molecule has 104 valence electrons. The number of carbonyl (C=O) groups excluding carboxylic acids is 1. The molecule has 0 saturated heterocycles. The lowest BCUT2D eigenvalue weighted by atomic mass is 10.1. The number of fused-ring (bicyclic) bond motifs is 1. The maximum Gasteiger partial charge on any atom is 0.238 e. The Balaban J connectivity index is 1.56. The minimum atomic E-state index is -0.302. The van der Waals surface area contributed by atoms with Crippen molar-refractivity contribution < 1.29 is 9.18 Å². The smallest absolute Gasteiger partial charge is 0.238 e. The Morgan fingerprint density at radius 3 is 2.90 bits per heavy atom. The fourth-order valence-electron chi connectivity index (χ4n) is 2.38. The van der Waals surface area contributed by atoms with Crippen molar-refractivity contribution in [3.8, 4) is 0 Å². The summed E-state index contributed by atoms with van der Waals surface area (Å²) in [5.74, 6) is -0.362. The Labute approximate surface area is 121 Å². The maximum atomic E-state index is 12.8. The molecule has 3 nitrogen and oxygen atoms in total. The van der Waals surface area contributed by atoms with Gasteiger partial charge in [0.1, 0.15) is 5.82 Å². The lowest BCUT2D eigenvalue weighted by molar-refractivity contribution is -0.117. The maximum absolute atomic E-state index is 12.8. The van der Waals surface area contributed by atoms with E-state index in [1.54, 1.807) is 23.5 Å². The standard InChI is InChI=1S/C15H15FN2OS/c16-12-1-3-13(4-2-12)17-15(19)10-18-7-5-14-11(9-18)6-8-20-14/h1-4,6,8H,5,7,9-10H2,(H,17,19). The van der Waals surface area contributed by atoms with Gasteiger partial charge in [0.15, 0.2) is 0 Å². The third-order valence-corrected chi connectivity index (χ3v) is 4.40. The van der Waals surface area contributed by atoms with E-state index in [4.69, 9.17) is 0 Å². The molecule has 1 N–H and O–H groups in total. The summed E-state index contributed by atoms with van der Waals surface area (Å²) in [4.78, 5) is 15.5. The minimum absolute atomic E-state index is 0.0599. The van der Waals surface area contributed by atoms with E-state index in [-0.39, 0.29) is 11.7 Å². The fraction of sp³-hybridized carbons (Fsp3) is 0.267. The van der Waals surface area contributed by atoms with Crippen molar-refractivity contribution in [3.05, 3.63) is 52.0 Å². The zero-order valence-electron chi connectivity index (χ0n) is 10.9. The van der Waals surface area contributed by atoms with Gasteiger partial charge in [-0.3, -0.25) is 9.69 Å².